The number of hydrogen-bond acceptors (Lipinski definition) is 4. The van der Waals surface area contributed by atoms with Crippen molar-refractivity contribution >= 4 is 10.2 Å². The molecule has 1 unspecified atom stereocenters. The average Bonchev–Trinajstić information content (AvgIpc) is 2.52. The number of ether oxygens (including phenoxy) is 1. The fourth-order valence-electron chi connectivity index (χ4n) is 3.24. The second-order valence-corrected chi connectivity index (χ2v) is 7.73. The summed E-state index contributed by atoms with van der Waals surface area (Å²) in [5, 5.41) is 0. The van der Waals surface area contributed by atoms with Gasteiger partial charge in [-0.25, -0.2) is 0 Å². The molecule has 3 N–H and O–H groups in total. The summed E-state index contributed by atoms with van der Waals surface area (Å²) in [5.41, 5.74) is 5.68. The van der Waals surface area contributed by atoms with E-state index >= 15 is 0 Å². The number of hydrogen-bond donors (Lipinski definition) is 2. The van der Waals surface area contributed by atoms with Gasteiger partial charge in [-0.3, -0.25) is 0 Å². The quantitative estimate of drug-likeness (QED) is 0.685. The molecule has 1 saturated heterocycles. The highest BCUT2D eigenvalue weighted by molar-refractivity contribution is 7.87. The molecule has 1 saturated carbocycles. The van der Waals surface area contributed by atoms with Crippen LogP contribution in [0.3, 0.4) is 0 Å². The average molecular weight is 319 g/mol. The Morgan fingerprint density at radius 2 is 1.81 bits per heavy atom. The molecular weight excluding hydrogens is 290 g/mol. The van der Waals surface area contributed by atoms with Crippen LogP contribution in [0, 0.1) is 0 Å². The number of nitrogens with zero attached hydrogens (tertiary/aromatic N) is 1. The Labute approximate surface area is 128 Å². The Kier molecular flexibility index (Phi) is 6.88. The van der Waals surface area contributed by atoms with Gasteiger partial charge in [0.2, 0.25) is 0 Å². The summed E-state index contributed by atoms with van der Waals surface area (Å²) in [5.74, 6) is 0. The van der Waals surface area contributed by atoms with Gasteiger partial charge in [-0.1, -0.05) is 25.7 Å². The summed E-state index contributed by atoms with van der Waals surface area (Å²) in [6.45, 7) is 1.75. The molecule has 1 heterocycles. The molecule has 0 aromatic rings. The summed E-state index contributed by atoms with van der Waals surface area (Å²) >= 11 is 0. The Bertz CT molecular complexity index is 396. The van der Waals surface area contributed by atoms with Gasteiger partial charge < -0.3 is 10.5 Å². The van der Waals surface area contributed by atoms with Crippen molar-refractivity contribution < 1.29 is 13.2 Å². The monoisotopic (exact) mass is 319 g/mol. The molecule has 0 amide bonds. The maximum atomic E-state index is 12.3. The van der Waals surface area contributed by atoms with Crippen molar-refractivity contribution in [1.82, 2.24) is 9.03 Å². The topological polar surface area (TPSA) is 84.7 Å². The molecule has 0 aromatic carbocycles. The summed E-state index contributed by atoms with van der Waals surface area (Å²) in [6, 6.07) is -0.0597. The lowest BCUT2D eigenvalue weighted by atomic mass is 9.98. The molecule has 7 heteroatoms. The number of nitrogens with two attached hydrogens (primary N) is 1. The van der Waals surface area contributed by atoms with Crippen molar-refractivity contribution in [1.29, 1.82) is 0 Å². The molecule has 124 valence electrons. The first-order valence-corrected chi connectivity index (χ1v) is 9.65. The van der Waals surface area contributed by atoms with Crippen molar-refractivity contribution in [2.45, 2.75) is 63.5 Å². The van der Waals surface area contributed by atoms with E-state index in [4.69, 9.17) is 10.5 Å². The van der Waals surface area contributed by atoms with Crippen LogP contribution in [0.15, 0.2) is 0 Å². The minimum atomic E-state index is -3.42. The standard InChI is InChI=1S/C14H29N3O3S/c15-12-13-6-4-5-10-17(13)21(18,19)16-9-11-20-14-7-2-1-3-8-14/h13-14,16H,1-12,15H2. The van der Waals surface area contributed by atoms with Gasteiger partial charge in [-0.05, 0) is 25.7 Å². The number of piperidine rings is 1. The number of rotatable bonds is 7. The van der Waals surface area contributed by atoms with E-state index in [1.54, 1.807) is 0 Å². The molecule has 1 atom stereocenters. The normalized spacial score (nSPS) is 26.0. The lowest BCUT2D eigenvalue weighted by Crippen LogP contribution is -2.52. The predicted molar refractivity (Wildman–Crippen MR) is 83.1 cm³/mol. The summed E-state index contributed by atoms with van der Waals surface area (Å²) in [6.07, 6.45) is 9.09. The van der Waals surface area contributed by atoms with E-state index in [0.29, 0.717) is 32.3 Å². The van der Waals surface area contributed by atoms with Gasteiger partial charge >= 0.3 is 0 Å². The van der Waals surface area contributed by atoms with Crippen molar-refractivity contribution in [3.8, 4) is 0 Å². The molecule has 0 aromatic heterocycles. The summed E-state index contributed by atoms with van der Waals surface area (Å²) in [7, 11) is -3.42. The van der Waals surface area contributed by atoms with Gasteiger partial charge in [0.15, 0.2) is 0 Å². The molecule has 21 heavy (non-hydrogen) atoms. The second kappa shape index (κ2) is 8.43. The summed E-state index contributed by atoms with van der Waals surface area (Å²) < 4.78 is 34.5. The zero-order valence-electron chi connectivity index (χ0n) is 12.8. The van der Waals surface area contributed by atoms with Crippen LogP contribution < -0.4 is 10.5 Å². The Morgan fingerprint density at radius 1 is 1.10 bits per heavy atom. The van der Waals surface area contributed by atoms with E-state index in [-0.39, 0.29) is 6.04 Å². The zero-order chi connectivity index (χ0) is 15.1. The zero-order valence-corrected chi connectivity index (χ0v) is 13.6. The van der Waals surface area contributed by atoms with Gasteiger partial charge in [0.25, 0.3) is 10.2 Å². The minimum absolute atomic E-state index is 0.0597. The largest absolute Gasteiger partial charge is 0.377 e. The van der Waals surface area contributed by atoms with Crippen LogP contribution in [-0.4, -0.2) is 51.1 Å². The van der Waals surface area contributed by atoms with Gasteiger partial charge in [0.1, 0.15) is 0 Å². The first kappa shape index (κ1) is 17.1. The fraction of sp³-hybridized carbons (Fsp3) is 1.00. The fourth-order valence-corrected chi connectivity index (χ4v) is 4.70. The molecule has 2 rings (SSSR count). The van der Waals surface area contributed by atoms with Crippen LogP contribution >= 0.6 is 0 Å². The molecule has 0 radical (unpaired) electrons. The SMILES string of the molecule is NCC1CCCCN1S(=O)(=O)NCCOC1CCCCC1. The molecule has 2 aliphatic rings. The molecule has 1 aliphatic carbocycles. The van der Waals surface area contributed by atoms with Crippen molar-refractivity contribution in [3.05, 3.63) is 0 Å². The van der Waals surface area contributed by atoms with Gasteiger partial charge in [-0.2, -0.15) is 17.4 Å². The van der Waals surface area contributed by atoms with Gasteiger partial charge in [0.05, 0.1) is 12.7 Å². The first-order chi connectivity index (χ1) is 10.1. The first-order valence-electron chi connectivity index (χ1n) is 8.21. The van der Waals surface area contributed by atoms with E-state index in [1.807, 2.05) is 0 Å². The van der Waals surface area contributed by atoms with Gasteiger partial charge in [0, 0.05) is 25.7 Å². The number of nitrogens with one attached hydrogen (secondary N) is 1. The molecule has 0 bridgehead atoms. The highest BCUT2D eigenvalue weighted by Crippen LogP contribution is 2.20. The third kappa shape index (κ3) is 5.17. The Morgan fingerprint density at radius 3 is 2.52 bits per heavy atom. The van der Waals surface area contributed by atoms with E-state index in [2.05, 4.69) is 4.72 Å². The molecule has 1 aliphatic heterocycles. The van der Waals surface area contributed by atoms with E-state index in [9.17, 15) is 8.42 Å². The van der Waals surface area contributed by atoms with E-state index < -0.39 is 10.2 Å². The highest BCUT2D eigenvalue weighted by atomic mass is 32.2. The van der Waals surface area contributed by atoms with Crippen LogP contribution in [0.1, 0.15) is 51.4 Å². The molecule has 6 nitrogen and oxygen atoms in total. The van der Waals surface area contributed by atoms with E-state index in [0.717, 1.165) is 32.1 Å². The van der Waals surface area contributed by atoms with Crippen molar-refractivity contribution in [3.63, 3.8) is 0 Å². The predicted octanol–water partition coefficient (Wildman–Crippen LogP) is 0.983. The maximum Gasteiger partial charge on any atom is 0.279 e. The second-order valence-electron chi connectivity index (χ2n) is 6.03. The lowest BCUT2D eigenvalue weighted by Gasteiger charge is -2.33. The smallest absolute Gasteiger partial charge is 0.279 e. The van der Waals surface area contributed by atoms with Crippen LogP contribution in [-0.2, 0) is 14.9 Å². The Hall–Kier alpha value is -0.210. The minimum Gasteiger partial charge on any atom is -0.377 e. The van der Waals surface area contributed by atoms with Gasteiger partial charge in [-0.15, -0.1) is 0 Å². The molecule has 0 spiro atoms. The highest BCUT2D eigenvalue weighted by Gasteiger charge is 2.30. The van der Waals surface area contributed by atoms with Crippen LogP contribution in [0.5, 0.6) is 0 Å². The van der Waals surface area contributed by atoms with Crippen LogP contribution in [0.4, 0.5) is 0 Å². The molecular formula is C14H29N3O3S. The van der Waals surface area contributed by atoms with Crippen LogP contribution in [0.2, 0.25) is 0 Å². The van der Waals surface area contributed by atoms with Crippen molar-refractivity contribution in [2.24, 2.45) is 5.73 Å². The molecule has 2 fully saturated rings. The third-order valence-electron chi connectivity index (χ3n) is 4.45. The maximum absolute atomic E-state index is 12.3. The van der Waals surface area contributed by atoms with E-state index in [1.165, 1.54) is 23.6 Å². The Balaban J connectivity index is 1.72. The van der Waals surface area contributed by atoms with Crippen LogP contribution in [0.25, 0.3) is 0 Å². The lowest BCUT2D eigenvalue weighted by molar-refractivity contribution is 0.0319. The third-order valence-corrected chi connectivity index (χ3v) is 6.11. The van der Waals surface area contributed by atoms with Crippen molar-refractivity contribution in [2.75, 3.05) is 26.2 Å². The summed E-state index contributed by atoms with van der Waals surface area (Å²) in [4.78, 5) is 0.